The predicted octanol–water partition coefficient (Wildman–Crippen LogP) is 3.16. The van der Waals surface area contributed by atoms with E-state index in [1.807, 2.05) is 44.4 Å². The van der Waals surface area contributed by atoms with Crippen LogP contribution < -0.4 is 4.90 Å². The summed E-state index contributed by atoms with van der Waals surface area (Å²) in [7, 11) is 2.02. The summed E-state index contributed by atoms with van der Waals surface area (Å²) in [4.78, 5) is 6.45. The number of hydrogen-bond donors (Lipinski definition) is 0. The molecule has 2 nitrogen and oxygen atoms in total. The van der Waals surface area contributed by atoms with E-state index in [-0.39, 0.29) is 0 Å². The Morgan fingerprint density at radius 1 is 1.00 bits per heavy atom. The molecule has 0 spiro atoms. The van der Waals surface area contributed by atoms with Crippen molar-refractivity contribution in [1.82, 2.24) is 4.98 Å². The summed E-state index contributed by atoms with van der Waals surface area (Å²) in [6.45, 7) is 2.04. The average molecular weight is 198 g/mol. The summed E-state index contributed by atoms with van der Waals surface area (Å²) < 4.78 is 0. The summed E-state index contributed by atoms with van der Waals surface area (Å²) in [6.07, 6.45) is 1.88. The van der Waals surface area contributed by atoms with E-state index >= 15 is 0 Å². The van der Waals surface area contributed by atoms with Crippen molar-refractivity contribution >= 4 is 11.5 Å². The fraction of sp³-hybridized carbons (Fsp3) is 0.154. The van der Waals surface area contributed by atoms with Gasteiger partial charge in [-0.25, -0.2) is 4.98 Å². The third-order valence-corrected chi connectivity index (χ3v) is 2.38. The number of para-hydroxylation sites is 1. The molecule has 0 fully saturated rings. The minimum absolute atomic E-state index is 0.965. The minimum Gasteiger partial charge on any atom is -0.329 e. The molecule has 15 heavy (non-hydrogen) atoms. The lowest BCUT2D eigenvalue weighted by Gasteiger charge is -2.17. The molecule has 0 aliphatic heterocycles. The van der Waals surface area contributed by atoms with Crippen LogP contribution >= 0.6 is 0 Å². The third kappa shape index (κ3) is 2.15. The van der Waals surface area contributed by atoms with Gasteiger partial charge in [-0.2, -0.15) is 0 Å². The maximum atomic E-state index is 4.38. The Labute approximate surface area is 90.2 Å². The fourth-order valence-electron chi connectivity index (χ4n) is 1.44. The molecule has 0 bridgehead atoms. The van der Waals surface area contributed by atoms with E-state index in [9.17, 15) is 0 Å². The maximum Gasteiger partial charge on any atom is 0.132 e. The summed E-state index contributed by atoms with van der Waals surface area (Å²) in [6, 6.07) is 14.3. The van der Waals surface area contributed by atoms with Gasteiger partial charge in [0, 0.05) is 18.9 Å². The standard InChI is InChI=1S/C13H14N2/c1-11-8-9-13(14-10-11)15(2)12-6-4-3-5-7-12/h3-10H,1-2H3. The van der Waals surface area contributed by atoms with Gasteiger partial charge in [0.1, 0.15) is 5.82 Å². The lowest BCUT2D eigenvalue weighted by Crippen LogP contribution is -2.10. The third-order valence-electron chi connectivity index (χ3n) is 2.38. The molecule has 0 unspecified atom stereocenters. The van der Waals surface area contributed by atoms with Gasteiger partial charge in [-0.1, -0.05) is 24.3 Å². The van der Waals surface area contributed by atoms with Gasteiger partial charge in [-0.15, -0.1) is 0 Å². The molecule has 0 aliphatic rings. The van der Waals surface area contributed by atoms with Crippen LogP contribution in [-0.4, -0.2) is 12.0 Å². The van der Waals surface area contributed by atoms with Crippen molar-refractivity contribution in [2.24, 2.45) is 0 Å². The highest BCUT2D eigenvalue weighted by molar-refractivity contribution is 5.58. The van der Waals surface area contributed by atoms with E-state index in [4.69, 9.17) is 0 Å². The highest BCUT2D eigenvalue weighted by Crippen LogP contribution is 2.20. The number of rotatable bonds is 2. The number of hydrogen-bond acceptors (Lipinski definition) is 2. The quantitative estimate of drug-likeness (QED) is 0.736. The zero-order chi connectivity index (χ0) is 10.7. The first-order valence-corrected chi connectivity index (χ1v) is 4.99. The van der Waals surface area contributed by atoms with Gasteiger partial charge in [-0.05, 0) is 30.7 Å². The second-order valence-electron chi connectivity index (χ2n) is 3.59. The number of aromatic nitrogens is 1. The van der Waals surface area contributed by atoms with Crippen molar-refractivity contribution < 1.29 is 0 Å². The van der Waals surface area contributed by atoms with Crippen molar-refractivity contribution in [2.75, 3.05) is 11.9 Å². The van der Waals surface area contributed by atoms with Crippen LogP contribution in [0.1, 0.15) is 5.56 Å². The van der Waals surface area contributed by atoms with Gasteiger partial charge in [0.25, 0.3) is 0 Å². The second kappa shape index (κ2) is 4.13. The Bertz CT molecular complexity index is 420. The van der Waals surface area contributed by atoms with Crippen LogP contribution in [0.5, 0.6) is 0 Å². The number of aryl methyl sites for hydroxylation is 1. The first kappa shape index (κ1) is 9.71. The SMILES string of the molecule is Cc1ccc(N(C)c2ccccc2)nc1. The predicted molar refractivity (Wildman–Crippen MR) is 63.5 cm³/mol. The molecule has 0 saturated carbocycles. The monoisotopic (exact) mass is 198 g/mol. The van der Waals surface area contributed by atoms with Gasteiger partial charge >= 0.3 is 0 Å². The zero-order valence-corrected chi connectivity index (χ0v) is 9.01. The Morgan fingerprint density at radius 2 is 1.73 bits per heavy atom. The van der Waals surface area contributed by atoms with Crippen molar-refractivity contribution in [2.45, 2.75) is 6.92 Å². The molecular formula is C13H14N2. The van der Waals surface area contributed by atoms with E-state index in [2.05, 4.69) is 28.1 Å². The number of anilines is 2. The van der Waals surface area contributed by atoms with Gasteiger partial charge in [0.05, 0.1) is 0 Å². The molecule has 2 aromatic rings. The smallest absolute Gasteiger partial charge is 0.132 e. The molecule has 1 aromatic carbocycles. The molecule has 0 saturated heterocycles. The number of benzene rings is 1. The fourth-order valence-corrected chi connectivity index (χ4v) is 1.44. The molecular weight excluding hydrogens is 184 g/mol. The Kier molecular flexibility index (Phi) is 2.68. The van der Waals surface area contributed by atoms with Crippen LogP contribution in [-0.2, 0) is 0 Å². The molecule has 2 rings (SSSR count). The van der Waals surface area contributed by atoms with E-state index in [0.29, 0.717) is 0 Å². The highest BCUT2D eigenvalue weighted by atomic mass is 15.2. The normalized spacial score (nSPS) is 10.0. The Hall–Kier alpha value is -1.83. The van der Waals surface area contributed by atoms with Crippen molar-refractivity contribution in [3.63, 3.8) is 0 Å². The van der Waals surface area contributed by atoms with Crippen LogP contribution in [0.4, 0.5) is 11.5 Å². The summed E-state index contributed by atoms with van der Waals surface area (Å²) in [5.74, 6) is 0.965. The van der Waals surface area contributed by atoms with Crippen LogP contribution in [0.3, 0.4) is 0 Å². The Balaban J connectivity index is 2.29. The molecule has 1 heterocycles. The molecule has 76 valence electrons. The van der Waals surface area contributed by atoms with Crippen LogP contribution in [0.15, 0.2) is 48.7 Å². The van der Waals surface area contributed by atoms with Gasteiger partial charge in [-0.3, -0.25) is 0 Å². The molecule has 0 radical (unpaired) electrons. The number of nitrogens with zero attached hydrogens (tertiary/aromatic N) is 2. The van der Waals surface area contributed by atoms with E-state index < -0.39 is 0 Å². The lowest BCUT2D eigenvalue weighted by molar-refractivity contribution is 1.12. The average Bonchev–Trinajstić information content (AvgIpc) is 2.30. The molecule has 1 aromatic heterocycles. The largest absolute Gasteiger partial charge is 0.329 e. The zero-order valence-electron chi connectivity index (χ0n) is 9.01. The first-order chi connectivity index (χ1) is 7.27. The first-order valence-electron chi connectivity index (χ1n) is 4.99. The van der Waals surface area contributed by atoms with Gasteiger partial charge < -0.3 is 4.90 Å². The Morgan fingerprint density at radius 3 is 2.33 bits per heavy atom. The molecule has 2 heteroatoms. The van der Waals surface area contributed by atoms with Crippen molar-refractivity contribution in [3.8, 4) is 0 Å². The van der Waals surface area contributed by atoms with Crippen molar-refractivity contribution in [1.29, 1.82) is 0 Å². The van der Waals surface area contributed by atoms with Gasteiger partial charge in [0.2, 0.25) is 0 Å². The van der Waals surface area contributed by atoms with Crippen molar-refractivity contribution in [3.05, 3.63) is 54.2 Å². The van der Waals surface area contributed by atoms with Crippen LogP contribution in [0.25, 0.3) is 0 Å². The number of pyridine rings is 1. The van der Waals surface area contributed by atoms with E-state index in [1.54, 1.807) is 0 Å². The maximum absolute atomic E-state index is 4.38. The summed E-state index contributed by atoms with van der Waals surface area (Å²) in [5, 5.41) is 0. The molecule has 0 aliphatic carbocycles. The molecule has 0 N–H and O–H groups in total. The molecule has 0 atom stereocenters. The lowest BCUT2D eigenvalue weighted by atomic mass is 10.3. The van der Waals surface area contributed by atoms with Crippen LogP contribution in [0, 0.1) is 6.92 Å². The van der Waals surface area contributed by atoms with Gasteiger partial charge in [0.15, 0.2) is 0 Å². The molecule has 0 amide bonds. The summed E-state index contributed by atoms with van der Waals surface area (Å²) >= 11 is 0. The minimum atomic E-state index is 0.965. The highest BCUT2D eigenvalue weighted by Gasteiger charge is 2.02. The summed E-state index contributed by atoms with van der Waals surface area (Å²) in [5.41, 5.74) is 2.33. The van der Waals surface area contributed by atoms with E-state index in [0.717, 1.165) is 11.5 Å². The van der Waals surface area contributed by atoms with E-state index in [1.165, 1.54) is 5.56 Å². The topological polar surface area (TPSA) is 16.1 Å². The van der Waals surface area contributed by atoms with Crippen LogP contribution in [0.2, 0.25) is 0 Å². The second-order valence-corrected chi connectivity index (χ2v) is 3.59.